The molecule has 2 fully saturated rings. The standard InChI is InChI=1S/C11H22N2/c1-4-12-9-5-6-13(8-9)10-7-11(10,2)3/h9-10,12H,4-8H2,1-3H3. The third-order valence-electron chi connectivity index (χ3n) is 3.61. The van der Waals surface area contributed by atoms with Crippen molar-refractivity contribution >= 4 is 0 Å². The first-order valence-corrected chi connectivity index (χ1v) is 5.61. The van der Waals surface area contributed by atoms with Crippen molar-refractivity contribution in [3.05, 3.63) is 0 Å². The summed E-state index contributed by atoms with van der Waals surface area (Å²) in [6.07, 6.45) is 2.76. The van der Waals surface area contributed by atoms with Gasteiger partial charge in [-0.05, 0) is 24.8 Å². The zero-order valence-corrected chi connectivity index (χ0v) is 9.14. The van der Waals surface area contributed by atoms with Crippen LogP contribution in [0.1, 0.15) is 33.6 Å². The lowest BCUT2D eigenvalue weighted by Crippen LogP contribution is -2.34. The normalized spacial score (nSPS) is 38.1. The van der Waals surface area contributed by atoms with Gasteiger partial charge in [-0.15, -0.1) is 0 Å². The van der Waals surface area contributed by atoms with Crippen LogP contribution in [-0.4, -0.2) is 36.6 Å². The van der Waals surface area contributed by atoms with Crippen molar-refractivity contribution in [2.45, 2.75) is 45.7 Å². The van der Waals surface area contributed by atoms with E-state index in [1.54, 1.807) is 0 Å². The maximum absolute atomic E-state index is 3.54. The first-order chi connectivity index (χ1) is 6.13. The highest BCUT2D eigenvalue weighted by Crippen LogP contribution is 2.49. The minimum absolute atomic E-state index is 0.612. The van der Waals surface area contributed by atoms with Crippen molar-refractivity contribution in [1.82, 2.24) is 10.2 Å². The van der Waals surface area contributed by atoms with Gasteiger partial charge in [0.15, 0.2) is 0 Å². The van der Waals surface area contributed by atoms with Crippen molar-refractivity contribution in [1.29, 1.82) is 0 Å². The fourth-order valence-electron chi connectivity index (χ4n) is 2.59. The summed E-state index contributed by atoms with van der Waals surface area (Å²) in [7, 11) is 0. The number of likely N-dealkylation sites (N-methyl/N-ethyl adjacent to an activating group) is 1. The molecule has 2 aliphatic rings. The van der Waals surface area contributed by atoms with Crippen LogP contribution in [0.5, 0.6) is 0 Å². The molecule has 1 heterocycles. The highest BCUT2D eigenvalue weighted by atomic mass is 15.2. The Balaban J connectivity index is 1.79. The fourth-order valence-corrected chi connectivity index (χ4v) is 2.59. The molecule has 0 aromatic carbocycles. The Morgan fingerprint density at radius 3 is 2.69 bits per heavy atom. The molecule has 0 aromatic rings. The third-order valence-corrected chi connectivity index (χ3v) is 3.61. The van der Waals surface area contributed by atoms with Crippen LogP contribution in [0.15, 0.2) is 0 Å². The van der Waals surface area contributed by atoms with Crippen LogP contribution >= 0.6 is 0 Å². The van der Waals surface area contributed by atoms with E-state index in [9.17, 15) is 0 Å². The second kappa shape index (κ2) is 3.25. The Hall–Kier alpha value is -0.0800. The lowest BCUT2D eigenvalue weighted by molar-refractivity contribution is 0.282. The summed E-state index contributed by atoms with van der Waals surface area (Å²) < 4.78 is 0. The molecule has 2 heteroatoms. The Bertz CT molecular complexity index is 189. The summed E-state index contributed by atoms with van der Waals surface area (Å²) >= 11 is 0. The molecule has 2 unspecified atom stereocenters. The molecule has 2 nitrogen and oxygen atoms in total. The summed E-state index contributed by atoms with van der Waals surface area (Å²) in [6.45, 7) is 10.7. The number of likely N-dealkylation sites (tertiary alicyclic amines) is 1. The van der Waals surface area contributed by atoms with Crippen LogP contribution in [0, 0.1) is 5.41 Å². The number of nitrogens with one attached hydrogen (secondary N) is 1. The van der Waals surface area contributed by atoms with Crippen LogP contribution in [-0.2, 0) is 0 Å². The molecule has 2 atom stereocenters. The maximum Gasteiger partial charge on any atom is 0.0207 e. The van der Waals surface area contributed by atoms with Crippen molar-refractivity contribution < 1.29 is 0 Å². The third kappa shape index (κ3) is 1.89. The Morgan fingerprint density at radius 1 is 1.46 bits per heavy atom. The molecular weight excluding hydrogens is 160 g/mol. The molecule has 0 radical (unpaired) electrons. The number of hydrogen-bond acceptors (Lipinski definition) is 2. The van der Waals surface area contributed by atoms with Crippen LogP contribution in [0.4, 0.5) is 0 Å². The van der Waals surface area contributed by atoms with Gasteiger partial charge in [0.2, 0.25) is 0 Å². The van der Waals surface area contributed by atoms with Crippen LogP contribution < -0.4 is 5.32 Å². The Morgan fingerprint density at radius 2 is 2.15 bits per heavy atom. The van der Waals surface area contributed by atoms with Crippen LogP contribution in [0.25, 0.3) is 0 Å². The van der Waals surface area contributed by atoms with Crippen molar-refractivity contribution in [2.24, 2.45) is 5.41 Å². The fraction of sp³-hybridized carbons (Fsp3) is 1.00. The number of hydrogen-bond donors (Lipinski definition) is 1. The molecule has 2 rings (SSSR count). The number of rotatable bonds is 3. The molecule has 0 bridgehead atoms. The minimum atomic E-state index is 0.612. The van der Waals surface area contributed by atoms with Crippen LogP contribution in [0.2, 0.25) is 0 Å². The van der Waals surface area contributed by atoms with E-state index in [-0.39, 0.29) is 0 Å². The second-order valence-electron chi connectivity index (χ2n) is 5.25. The number of nitrogens with zero attached hydrogens (tertiary/aromatic N) is 1. The quantitative estimate of drug-likeness (QED) is 0.711. The van der Waals surface area contributed by atoms with Gasteiger partial charge in [-0.2, -0.15) is 0 Å². The van der Waals surface area contributed by atoms with E-state index >= 15 is 0 Å². The molecule has 1 N–H and O–H groups in total. The highest BCUT2D eigenvalue weighted by molar-refractivity contribution is 5.05. The summed E-state index contributed by atoms with van der Waals surface area (Å²) in [6, 6.07) is 1.65. The zero-order valence-electron chi connectivity index (χ0n) is 9.14. The van der Waals surface area contributed by atoms with E-state index < -0.39 is 0 Å². The first-order valence-electron chi connectivity index (χ1n) is 5.61. The lowest BCUT2D eigenvalue weighted by Gasteiger charge is -2.18. The van der Waals surface area contributed by atoms with Gasteiger partial charge in [0, 0.05) is 25.2 Å². The zero-order chi connectivity index (χ0) is 9.47. The largest absolute Gasteiger partial charge is 0.313 e. The molecule has 1 saturated carbocycles. The molecule has 1 aliphatic carbocycles. The highest BCUT2D eigenvalue weighted by Gasteiger charge is 2.50. The molecule has 1 saturated heterocycles. The van der Waals surface area contributed by atoms with Gasteiger partial charge in [-0.25, -0.2) is 0 Å². The maximum atomic E-state index is 3.54. The molecule has 0 aromatic heterocycles. The average Bonchev–Trinajstić information content (AvgIpc) is 2.52. The SMILES string of the molecule is CCNC1CCN(C2CC2(C)C)C1. The monoisotopic (exact) mass is 182 g/mol. The minimum Gasteiger partial charge on any atom is -0.313 e. The Labute approximate surface area is 81.7 Å². The summed E-state index contributed by atoms with van der Waals surface area (Å²) in [4.78, 5) is 2.67. The van der Waals surface area contributed by atoms with Gasteiger partial charge in [-0.1, -0.05) is 20.8 Å². The van der Waals surface area contributed by atoms with E-state index in [0.29, 0.717) is 5.41 Å². The van der Waals surface area contributed by atoms with E-state index in [2.05, 4.69) is 31.0 Å². The molecule has 76 valence electrons. The second-order valence-corrected chi connectivity index (χ2v) is 5.25. The molecular formula is C11H22N2. The van der Waals surface area contributed by atoms with Gasteiger partial charge in [0.05, 0.1) is 0 Å². The molecule has 0 spiro atoms. The van der Waals surface area contributed by atoms with Crippen molar-refractivity contribution in [3.63, 3.8) is 0 Å². The van der Waals surface area contributed by atoms with Crippen LogP contribution in [0.3, 0.4) is 0 Å². The molecule has 1 aliphatic heterocycles. The predicted octanol–water partition coefficient (Wildman–Crippen LogP) is 1.47. The summed E-state index contributed by atoms with van der Waals surface area (Å²) in [5.74, 6) is 0. The van der Waals surface area contributed by atoms with E-state index in [1.807, 2.05) is 0 Å². The van der Waals surface area contributed by atoms with E-state index in [1.165, 1.54) is 25.9 Å². The topological polar surface area (TPSA) is 15.3 Å². The van der Waals surface area contributed by atoms with Gasteiger partial charge >= 0.3 is 0 Å². The van der Waals surface area contributed by atoms with Crippen molar-refractivity contribution in [3.8, 4) is 0 Å². The van der Waals surface area contributed by atoms with Gasteiger partial charge in [-0.3, -0.25) is 4.90 Å². The lowest BCUT2D eigenvalue weighted by atomic mass is 10.2. The smallest absolute Gasteiger partial charge is 0.0207 e. The van der Waals surface area contributed by atoms with Gasteiger partial charge in [0.1, 0.15) is 0 Å². The molecule has 13 heavy (non-hydrogen) atoms. The van der Waals surface area contributed by atoms with Gasteiger partial charge in [0.25, 0.3) is 0 Å². The van der Waals surface area contributed by atoms with E-state index in [4.69, 9.17) is 0 Å². The Kier molecular flexibility index (Phi) is 2.37. The van der Waals surface area contributed by atoms with Crippen molar-refractivity contribution in [2.75, 3.05) is 19.6 Å². The van der Waals surface area contributed by atoms with E-state index in [0.717, 1.165) is 18.6 Å². The van der Waals surface area contributed by atoms with Gasteiger partial charge < -0.3 is 5.32 Å². The average molecular weight is 182 g/mol. The first kappa shape index (κ1) is 9.47. The molecule has 0 amide bonds. The predicted molar refractivity (Wildman–Crippen MR) is 55.8 cm³/mol. The summed E-state index contributed by atoms with van der Waals surface area (Å²) in [5.41, 5.74) is 0.612. The summed E-state index contributed by atoms with van der Waals surface area (Å²) in [5, 5.41) is 3.54.